The van der Waals surface area contributed by atoms with Gasteiger partial charge in [0.05, 0.1) is 11.7 Å². The summed E-state index contributed by atoms with van der Waals surface area (Å²) < 4.78 is 28.7. The van der Waals surface area contributed by atoms with Crippen molar-refractivity contribution in [2.75, 3.05) is 0 Å². The van der Waals surface area contributed by atoms with E-state index in [0.29, 0.717) is 5.39 Å². The normalized spacial score (nSPS) is 11.9. The van der Waals surface area contributed by atoms with Gasteiger partial charge in [0, 0.05) is 17.0 Å². The zero-order valence-corrected chi connectivity index (χ0v) is 7.55. The summed E-state index contributed by atoms with van der Waals surface area (Å²) in [5.41, 5.74) is -2.94. The zero-order chi connectivity index (χ0) is 10.2. The Hall–Kier alpha value is -1.36. The summed E-state index contributed by atoms with van der Waals surface area (Å²) in [4.78, 5) is 0. The highest BCUT2D eigenvalue weighted by atomic mass is 35.5. The Morgan fingerprint density at radius 1 is 1.43 bits per heavy atom. The second-order valence-electron chi connectivity index (χ2n) is 2.67. The van der Waals surface area contributed by atoms with Crippen molar-refractivity contribution < 1.29 is 13.5 Å². The molecule has 6 heteroatoms. The summed E-state index contributed by atoms with van der Waals surface area (Å²) in [5.74, 6) is -0.00102. The van der Waals surface area contributed by atoms with Gasteiger partial charge in [-0.25, -0.2) is 0 Å². The molecule has 1 aromatic carbocycles. The Morgan fingerprint density at radius 3 is 2.93 bits per heavy atom. The molecule has 2 aromatic rings. The molecule has 2 rings (SSSR count). The van der Waals surface area contributed by atoms with Crippen molar-refractivity contribution in [1.29, 1.82) is 0 Å². The highest BCUT2D eigenvalue weighted by Gasteiger charge is 2.27. The molecule has 0 aliphatic carbocycles. The predicted octanol–water partition coefficient (Wildman–Crippen LogP) is 2.73. The topological polar surface area (TPSA) is 37.9 Å². The minimum Gasteiger partial charge on any atom is -0.420 e. The highest BCUT2D eigenvalue weighted by Crippen LogP contribution is 2.26. The van der Waals surface area contributed by atoms with Crippen molar-refractivity contribution in [3.63, 3.8) is 0 Å². The molecule has 0 amide bonds. The lowest BCUT2D eigenvalue weighted by atomic mass is 10.2. The number of benzene rings is 1. The van der Waals surface area contributed by atoms with E-state index in [1.54, 1.807) is 6.07 Å². The van der Waals surface area contributed by atoms with Crippen LogP contribution in [0.4, 0.5) is 8.78 Å². The van der Waals surface area contributed by atoms with Crippen LogP contribution in [-0.4, -0.2) is 15.8 Å². The minimum absolute atomic E-state index is 0.00102. The number of aromatic nitrogens is 2. The fourth-order valence-corrected chi connectivity index (χ4v) is 1.21. The molecule has 1 heterocycles. The molecule has 0 unspecified atom stereocenters. The van der Waals surface area contributed by atoms with E-state index in [9.17, 15) is 8.78 Å². The highest BCUT2D eigenvalue weighted by molar-refractivity contribution is 6.20. The Balaban J connectivity index is 2.35. The number of nitrogens with one attached hydrogen (secondary N) is 1. The van der Waals surface area contributed by atoms with E-state index in [2.05, 4.69) is 26.5 Å². The monoisotopic (exact) mass is 218 g/mol. The maximum Gasteiger partial charge on any atom is 0.487 e. The van der Waals surface area contributed by atoms with Crippen LogP contribution in [-0.2, 0) is 0 Å². The van der Waals surface area contributed by atoms with Gasteiger partial charge in [-0.2, -0.15) is 5.10 Å². The molecule has 0 saturated heterocycles. The molecular formula is C8H5ClF2N2O. The van der Waals surface area contributed by atoms with Crippen molar-refractivity contribution in [3.8, 4) is 5.75 Å². The van der Waals surface area contributed by atoms with E-state index in [1.807, 2.05) is 0 Å². The molecule has 3 nitrogen and oxygen atoms in total. The van der Waals surface area contributed by atoms with Gasteiger partial charge in [-0.15, -0.1) is 8.78 Å². The van der Waals surface area contributed by atoms with Gasteiger partial charge >= 0.3 is 5.57 Å². The standard InChI is InChI=1S/C8H5ClF2N2O/c9-8(10,11)14-6-1-2-7-5(3-6)4-12-13-7/h1-4H,(H,12,13). The molecule has 0 fully saturated rings. The predicted molar refractivity (Wildman–Crippen MR) is 47.5 cm³/mol. The van der Waals surface area contributed by atoms with Gasteiger partial charge in [-0.05, 0) is 18.2 Å². The van der Waals surface area contributed by atoms with Gasteiger partial charge in [0.25, 0.3) is 0 Å². The van der Waals surface area contributed by atoms with E-state index in [-0.39, 0.29) is 5.75 Å². The molecule has 74 valence electrons. The summed E-state index contributed by atoms with van der Waals surface area (Å²) in [6, 6.07) is 4.40. The number of ether oxygens (including phenoxy) is 1. The molecule has 0 spiro atoms. The summed E-state index contributed by atoms with van der Waals surface area (Å²) in [6.45, 7) is 0. The third-order valence-electron chi connectivity index (χ3n) is 1.65. The number of aromatic amines is 1. The first-order valence-electron chi connectivity index (χ1n) is 3.73. The molecule has 14 heavy (non-hydrogen) atoms. The third kappa shape index (κ3) is 1.93. The summed E-state index contributed by atoms with van der Waals surface area (Å²) in [6.07, 6.45) is 1.51. The van der Waals surface area contributed by atoms with E-state index >= 15 is 0 Å². The number of fused-ring (bicyclic) bond motifs is 1. The molecule has 0 atom stereocenters. The molecular weight excluding hydrogens is 214 g/mol. The first-order chi connectivity index (χ1) is 6.54. The quantitative estimate of drug-likeness (QED) is 0.787. The Labute approximate surface area is 82.6 Å². The lowest BCUT2D eigenvalue weighted by Gasteiger charge is -2.09. The van der Waals surface area contributed by atoms with E-state index in [4.69, 9.17) is 0 Å². The van der Waals surface area contributed by atoms with Gasteiger partial charge in [-0.1, -0.05) is 0 Å². The Bertz CT molecular complexity index is 452. The maximum absolute atomic E-state index is 12.3. The molecule has 1 aromatic heterocycles. The third-order valence-corrected chi connectivity index (χ3v) is 1.72. The van der Waals surface area contributed by atoms with Crippen molar-refractivity contribution >= 4 is 22.5 Å². The molecule has 0 saturated carbocycles. The maximum atomic E-state index is 12.3. The fraction of sp³-hybridized carbons (Fsp3) is 0.125. The van der Waals surface area contributed by atoms with Crippen molar-refractivity contribution in [1.82, 2.24) is 10.2 Å². The van der Waals surface area contributed by atoms with Crippen LogP contribution in [0.2, 0.25) is 0 Å². The van der Waals surface area contributed by atoms with Crippen LogP contribution in [0, 0.1) is 0 Å². The van der Waals surface area contributed by atoms with Crippen molar-refractivity contribution in [3.05, 3.63) is 24.4 Å². The van der Waals surface area contributed by atoms with Crippen LogP contribution in [0.1, 0.15) is 0 Å². The molecule has 0 aliphatic rings. The van der Waals surface area contributed by atoms with Gasteiger partial charge in [0.15, 0.2) is 0 Å². The van der Waals surface area contributed by atoms with Crippen LogP contribution in [0.3, 0.4) is 0 Å². The lowest BCUT2D eigenvalue weighted by Crippen LogP contribution is -2.15. The molecule has 1 N–H and O–H groups in total. The van der Waals surface area contributed by atoms with E-state index in [1.165, 1.54) is 18.3 Å². The van der Waals surface area contributed by atoms with Crippen LogP contribution in [0.5, 0.6) is 5.75 Å². The first-order valence-corrected chi connectivity index (χ1v) is 4.11. The second-order valence-corrected chi connectivity index (χ2v) is 3.11. The van der Waals surface area contributed by atoms with Crippen LogP contribution in [0.15, 0.2) is 24.4 Å². The molecule has 0 bridgehead atoms. The molecule has 0 aliphatic heterocycles. The largest absolute Gasteiger partial charge is 0.487 e. The van der Waals surface area contributed by atoms with Gasteiger partial charge in [-0.3, -0.25) is 5.10 Å². The van der Waals surface area contributed by atoms with Crippen LogP contribution >= 0.6 is 11.6 Å². The summed E-state index contributed by atoms with van der Waals surface area (Å²) in [7, 11) is 0. The number of H-pyrrole nitrogens is 1. The number of halogens is 3. The fourth-order valence-electron chi connectivity index (χ4n) is 1.12. The minimum atomic E-state index is -3.68. The van der Waals surface area contributed by atoms with Gasteiger partial charge in [0.1, 0.15) is 5.75 Å². The molecule has 0 radical (unpaired) electrons. The SMILES string of the molecule is FC(F)(Cl)Oc1ccc2[nH]ncc2c1. The first kappa shape index (κ1) is 9.21. The van der Waals surface area contributed by atoms with E-state index < -0.39 is 5.57 Å². The smallest absolute Gasteiger partial charge is 0.420 e. The van der Waals surface area contributed by atoms with Crippen LogP contribution < -0.4 is 4.74 Å². The average Bonchev–Trinajstić information content (AvgIpc) is 2.47. The zero-order valence-electron chi connectivity index (χ0n) is 6.80. The van der Waals surface area contributed by atoms with E-state index in [0.717, 1.165) is 5.52 Å². The van der Waals surface area contributed by atoms with Crippen molar-refractivity contribution in [2.24, 2.45) is 0 Å². The van der Waals surface area contributed by atoms with Gasteiger partial charge < -0.3 is 4.74 Å². The number of rotatable bonds is 2. The van der Waals surface area contributed by atoms with Crippen LogP contribution in [0.25, 0.3) is 10.9 Å². The number of alkyl halides is 3. The number of nitrogens with zero attached hydrogens (tertiary/aromatic N) is 1. The summed E-state index contributed by atoms with van der Waals surface area (Å²) >= 11 is 4.61. The number of hydrogen-bond donors (Lipinski definition) is 1. The van der Waals surface area contributed by atoms with Gasteiger partial charge in [0.2, 0.25) is 0 Å². The number of hydrogen-bond acceptors (Lipinski definition) is 2. The van der Waals surface area contributed by atoms with Crippen molar-refractivity contribution in [2.45, 2.75) is 5.57 Å². The average molecular weight is 219 g/mol. The Morgan fingerprint density at radius 2 is 2.21 bits per heavy atom. The Kier molecular flexibility index (Phi) is 2.03. The summed E-state index contributed by atoms with van der Waals surface area (Å²) in [5, 5.41) is 7.11. The second kappa shape index (κ2) is 3.09. The lowest BCUT2D eigenvalue weighted by molar-refractivity contribution is -0.0963.